The molecule has 6 aromatic rings. The van der Waals surface area contributed by atoms with Gasteiger partial charge in [-0.2, -0.15) is 0 Å². The molecular weight excluding hydrogens is 639 g/mol. The number of carboxylic acids is 1. The molecule has 12 heteroatoms. The Balaban J connectivity index is 0.000000176. The lowest BCUT2D eigenvalue weighted by Crippen LogP contribution is -2.06. The van der Waals surface area contributed by atoms with E-state index in [4.69, 9.17) is 10.8 Å². The van der Waals surface area contributed by atoms with Crippen LogP contribution in [0.2, 0.25) is 0 Å². The third kappa shape index (κ3) is 9.28. The molecule has 0 spiro atoms. The van der Waals surface area contributed by atoms with E-state index >= 15 is 0 Å². The minimum absolute atomic E-state index is 0.0634. The van der Waals surface area contributed by atoms with Crippen molar-refractivity contribution in [3.63, 3.8) is 0 Å². The van der Waals surface area contributed by atoms with Crippen LogP contribution in [0.4, 0.5) is 5.13 Å². The minimum atomic E-state index is -1.06. The molecule has 0 aliphatic carbocycles. The molecular formula is C35H31N3O7S2. The monoisotopic (exact) mass is 669 g/mol. The van der Waals surface area contributed by atoms with E-state index in [-0.39, 0.29) is 23.3 Å². The second-order valence-electron chi connectivity index (χ2n) is 10.2. The van der Waals surface area contributed by atoms with Crippen LogP contribution in [0.5, 0.6) is 0 Å². The van der Waals surface area contributed by atoms with Gasteiger partial charge in [-0.1, -0.05) is 41.7 Å². The highest BCUT2D eigenvalue weighted by atomic mass is 32.1. The van der Waals surface area contributed by atoms with Crippen molar-refractivity contribution in [2.75, 3.05) is 20.0 Å². The lowest BCUT2D eigenvalue weighted by molar-refractivity contribution is 0.0591. The molecule has 4 aromatic carbocycles. The van der Waals surface area contributed by atoms with E-state index in [1.54, 1.807) is 24.3 Å². The summed E-state index contributed by atoms with van der Waals surface area (Å²) in [6, 6.07) is 24.4. The van der Waals surface area contributed by atoms with Gasteiger partial charge >= 0.3 is 17.9 Å². The van der Waals surface area contributed by atoms with Crippen molar-refractivity contribution in [1.82, 2.24) is 9.97 Å². The highest BCUT2D eigenvalue weighted by molar-refractivity contribution is 7.22. The summed E-state index contributed by atoms with van der Waals surface area (Å²) in [5.74, 6) is -2.12. The number of carbonyl (C=O) groups excluding carboxylic acids is 3. The summed E-state index contributed by atoms with van der Waals surface area (Å²) in [5.41, 5.74) is 11.1. The number of Topliss-reactive ketones (excluding diaryl/α,β-unsaturated/α-hetero) is 1. The second-order valence-corrected chi connectivity index (χ2v) is 12.3. The van der Waals surface area contributed by atoms with Crippen molar-refractivity contribution >= 4 is 71.9 Å². The molecule has 0 aliphatic rings. The first kappa shape index (κ1) is 34.4. The molecule has 10 nitrogen and oxygen atoms in total. The van der Waals surface area contributed by atoms with E-state index in [1.807, 2.05) is 31.2 Å². The normalized spacial score (nSPS) is 10.3. The van der Waals surface area contributed by atoms with Crippen LogP contribution in [0.25, 0.3) is 20.4 Å². The van der Waals surface area contributed by atoms with Crippen LogP contribution in [0.15, 0.2) is 84.9 Å². The number of aromatic carboxylic acids is 1. The molecule has 0 amide bonds. The standard InChI is InChI=1S/C18H15NO3S.C9H8O4.C8H8N2S/c1-11-6-7-14-16(8-11)23-17(19-14)10-15(20)12-4-3-5-13(9-12)18(21)22-2;1-13-9(12)7-4-2-3-6(5-7)8(10)11;1-5-2-3-6-7(4-5)11-8(9)10-6/h3-9H,10H2,1-2H3;2-5H,1H3,(H,10,11);2-4H,1H3,(H2,9,10). The Morgan fingerprint density at radius 1 is 0.681 bits per heavy atom. The fourth-order valence-electron chi connectivity index (χ4n) is 4.28. The maximum atomic E-state index is 12.4. The van der Waals surface area contributed by atoms with E-state index in [0.717, 1.165) is 20.7 Å². The van der Waals surface area contributed by atoms with Crippen LogP contribution >= 0.6 is 22.7 Å². The molecule has 0 bridgehead atoms. The van der Waals surface area contributed by atoms with Crippen LogP contribution in [-0.2, 0) is 15.9 Å². The number of esters is 2. The molecule has 0 atom stereocenters. The first-order chi connectivity index (χ1) is 22.5. The summed E-state index contributed by atoms with van der Waals surface area (Å²) in [4.78, 5) is 54.1. The highest BCUT2D eigenvalue weighted by Crippen LogP contribution is 2.25. The van der Waals surface area contributed by atoms with E-state index < -0.39 is 17.9 Å². The van der Waals surface area contributed by atoms with Gasteiger partial charge in [0, 0.05) is 5.56 Å². The largest absolute Gasteiger partial charge is 0.478 e. The number of hydrogen-bond donors (Lipinski definition) is 2. The number of aromatic nitrogens is 2. The molecule has 240 valence electrons. The van der Waals surface area contributed by atoms with Crippen molar-refractivity contribution in [3.05, 3.63) is 123 Å². The van der Waals surface area contributed by atoms with Gasteiger partial charge in [0.2, 0.25) is 0 Å². The number of anilines is 1. The number of carboxylic acid groups (broad SMARTS) is 1. The van der Waals surface area contributed by atoms with Crippen LogP contribution in [0, 0.1) is 13.8 Å². The number of carbonyl (C=O) groups is 4. The van der Waals surface area contributed by atoms with Gasteiger partial charge in [0.05, 0.1) is 57.8 Å². The zero-order valence-electron chi connectivity index (χ0n) is 26.0. The summed E-state index contributed by atoms with van der Waals surface area (Å²) in [6.07, 6.45) is 0.225. The number of methoxy groups -OCH3 is 2. The number of ketones is 1. The first-order valence-electron chi connectivity index (χ1n) is 14.1. The summed E-state index contributed by atoms with van der Waals surface area (Å²) < 4.78 is 11.4. The molecule has 0 saturated heterocycles. The lowest BCUT2D eigenvalue weighted by Gasteiger charge is -2.02. The topological polar surface area (TPSA) is 159 Å². The Bertz CT molecular complexity index is 2080. The molecule has 0 radical (unpaired) electrons. The Morgan fingerprint density at radius 3 is 1.72 bits per heavy atom. The van der Waals surface area contributed by atoms with Gasteiger partial charge in [0.25, 0.3) is 0 Å². The zero-order valence-corrected chi connectivity index (χ0v) is 27.6. The summed E-state index contributed by atoms with van der Waals surface area (Å²) in [6.45, 7) is 4.09. The third-order valence-corrected chi connectivity index (χ3v) is 8.46. The van der Waals surface area contributed by atoms with Gasteiger partial charge in [0.15, 0.2) is 10.9 Å². The average molecular weight is 670 g/mol. The molecule has 3 N–H and O–H groups in total. The third-order valence-electron chi connectivity index (χ3n) is 6.60. The first-order valence-corrected chi connectivity index (χ1v) is 15.7. The number of aryl methyl sites for hydroxylation is 2. The Kier molecular flexibility index (Phi) is 11.5. The number of thiazole rings is 2. The predicted octanol–water partition coefficient (Wildman–Crippen LogP) is 7.18. The maximum Gasteiger partial charge on any atom is 0.337 e. The number of nitrogens with zero attached hydrogens (tertiary/aromatic N) is 2. The van der Waals surface area contributed by atoms with Crippen molar-refractivity contribution in [3.8, 4) is 0 Å². The van der Waals surface area contributed by atoms with Crippen LogP contribution < -0.4 is 5.73 Å². The Morgan fingerprint density at radius 2 is 1.17 bits per heavy atom. The molecule has 6 rings (SSSR count). The van der Waals surface area contributed by atoms with Crippen molar-refractivity contribution in [2.45, 2.75) is 20.3 Å². The van der Waals surface area contributed by atoms with Gasteiger partial charge < -0.3 is 20.3 Å². The zero-order chi connectivity index (χ0) is 34.1. The number of nitrogen functional groups attached to an aromatic ring is 1. The van der Waals surface area contributed by atoms with Gasteiger partial charge in [-0.05, 0) is 79.6 Å². The van der Waals surface area contributed by atoms with E-state index in [0.29, 0.717) is 16.3 Å². The predicted molar refractivity (Wildman–Crippen MR) is 184 cm³/mol. The summed E-state index contributed by atoms with van der Waals surface area (Å²) in [5, 5.41) is 10.0. The molecule has 2 heterocycles. The fraction of sp³-hybridized carbons (Fsp3) is 0.143. The van der Waals surface area contributed by atoms with Gasteiger partial charge in [0.1, 0.15) is 5.01 Å². The molecule has 0 unspecified atom stereocenters. The number of rotatable bonds is 6. The SMILES string of the molecule is COC(=O)c1cccc(C(=O)Cc2nc3ccc(C)cc3s2)c1.COC(=O)c1cccc(C(=O)O)c1.Cc1ccc2nc(N)sc2c1. The summed E-state index contributed by atoms with van der Waals surface area (Å²) >= 11 is 3.06. The van der Waals surface area contributed by atoms with Crippen molar-refractivity contribution in [2.24, 2.45) is 0 Å². The van der Waals surface area contributed by atoms with E-state index in [1.165, 1.54) is 77.0 Å². The van der Waals surface area contributed by atoms with Gasteiger partial charge in [-0.3, -0.25) is 4.79 Å². The number of benzene rings is 4. The van der Waals surface area contributed by atoms with E-state index in [2.05, 4.69) is 38.5 Å². The van der Waals surface area contributed by atoms with Crippen molar-refractivity contribution in [1.29, 1.82) is 0 Å². The van der Waals surface area contributed by atoms with Crippen LogP contribution in [0.1, 0.15) is 57.6 Å². The van der Waals surface area contributed by atoms with Gasteiger partial charge in [-0.25, -0.2) is 24.4 Å². The number of nitrogens with two attached hydrogens (primary N) is 1. The number of ether oxygens (including phenoxy) is 2. The average Bonchev–Trinajstić information content (AvgIpc) is 3.65. The smallest absolute Gasteiger partial charge is 0.337 e. The maximum absolute atomic E-state index is 12.4. The lowest BCUT2D eigenvalue weighted by atomic mass is 10.1. The number of fused-ring (bicyclic) bond motifs is 2. The van der Waals surface area contributed by atoms with Crippen molar-refractivity contribution < 1.29 is 33.8 Å². The van der Waals surface area contributed by atoms with Crippen LogP contribution in [-0.4, -0.2) is 53.0 Å². The molecule has 0 saturated carbocycles. The molecule has 0 fully saturated rings. The Labute approximate surface area is 278 Å². The van der Waals surface area contributed by atoms with Gasteiger partial charge in [-0.15, -0.1) is 11.3 Å². The van der Waals surface area contributed by atoms with E-state index in [9.17, 15) is 19.2 Å². The molecule has 47 heavy (non-hydrogen) atoms. The fourth-order valence-corrected chi connectivity index (χ4v) is 6.18. The molecule has 0 aliphatic heterocycles. The highest BCUT2D eigenvalue weighted by Gasteiger charge is 2.14. The van der Waals surface area contributed by atoms with Crippen LogP contribution in [0.3, 0.4) is 0 Å². The number of hydrogen-bond acceptors (Lipinski definition) is 11. The molecule has 2 aromatic heterocycles. The second kappa shape index (κ2) is 15.7. The summed E-state index contributed by atoms with van der Waals surface area (Å²) in [7, 11) is 2.57. The Hall–Kier alpha value is -5.46. The minimum Gasteiger partial charge on any atom is -0.478 e. The quantitative estimate of drug-likeness (QED) is 0.137.